The predicted molar refractivity (Wildman–Crippen MR) is 108 cm³/mol. The minimum absolute atomic E-state index is 0.235. The fourth-order valence-electron chi connectivity index (χ4n) is 2.37. The summed E-state index contributed by atoms with van der Waals surface area (Å²) in [6.45, 7) is 0. The van der Waals surface area contributed by atoms with Crippen LogP contribution in [0.5, 0.6) is 0 Å². The summed E-state index contributed by atoms with van der Waals surface area (Å²) in [6, 6.07) is 17.4. The highest BCUT2D eigenvalue weighted by Gasteiger charge is 2.14. The van der Waals surface area contributed by atoms with Gasteiger partial charge in [0, 0.05) is 33.4 Å². The largest absolute Gasteiger partial charge is 0.319 e. The number of nitrogens with zero attached hydrogens (tertiary/aromatic N) is 1. The van der Waals surface area contributed by atoms with Crippen molar-refractivity contribution in [3.05, 3.63) is 98.8 Å². The average Bonchev–Trinajstić information content (AvgIpc) is 2.69. The zero-order valence-electron chi connectivity index (χ0n) is 14.4. The molecule has 0 aromatic heterocycles. The molecule has 0 aliphatic rings. The minimum atomic E-state index is -0.741. The van der Waals surface area contributed by atoms with E-state index in [0.717, 1.165) is 28.7 Å². The van der Waals surface area contributed by atoms with Crippen LogP contribution < -0.4 is 5.32 Å². The van der Waals surface area contributed by atoms with Gasteiger partial charge in [-0.05, 0) is 48.0 Å². The van der Waals surface area contributed by atoms with Crippen LogP contribution in [0.3, 0.4) is 0 Å². The third-order valence-corrected chi connectivity index (χ3v) is 5.18. The van der Waals surface area contributed by atoms with Gasteiger partial charge in [-0.3, -0.25) is 14.9 Å². The standard InChI is InChI=1S/C20H14ClFN2O3S/c21-15-5-8-17(9-6-15)28-12-13-1-3-14(4-2-13)20(25)23-19-11-16(24(26)27)7-10-18(19)22/h1-11H,12H2,(H,23,25). The first-order valence-corrected chi connectivity index (χ1v) is 9.51. The number of nitro benzene ring substituents is 1. The molecule has 3 rings (SSSR count). The number of amides is 1. The van der Waals surface area contributed by atoms with Crippen LogP contribution in [0.15, 0.2) is 71.6 Å². The van der Waals surface area contributed by atoms with Gasteiger partial charge in [0.25, 0.3) is 11.6 Å². The minimum Gasteiger partial charge on any atom is -0.319 e. The highest BCUT2D eigenvalue weighted by Crippen LogP contribution is 2.25. The van der Waals surface area contributed by atoms with Crippen LogP contribution in [0, 0.1) is 15.9 Å². The molecule has 0 bridgehead atoms. The first-order valence-electron chi connectivity index (χ1n) is 8.15. The molecule has 1 amide bonds. The van der Waals surface area contributed by atoms with Gasteiger partial charge < -0.3 is 5.32 Å². The van der Waals surface area contributed by atoms with E-state index in [0.29, 0.717) is 16.3 Å². The second-order valence-corrected chi connectivity index (χ2v) is 7.30. The zero-order valence-corrected chi connectivity index (χ0v) is 16.0. The van der Waals surface area contributed by atoms with Crippen molar-refractivity contribution < 1.29 is 14.1 Å². The molecular formula is C20H14ClFN2O3S. The molecule has 0 saturated heterocycles. The summed E-state index contributed by atoms with van der Waals surface area (Å²) >= 11 is 7.50. The monoisotopic (exact) mass is 416 g/mol. The molecule has 0 radical (unpaired) electrons. The van der Waals surface area contributed by atoms with Gasteiger partial charge in [0.2, 0.25) is 0 Å². The Morgan fingerprint density at radius 3 is 2.39 bits per heavy atom. The number of anilines is 1. The number of hydrogen-bond acceptors (Lipinski definition) is 4. The molecule has 0 unspecified atom stereocenters. The normalized spacial score (nSPS) is 10.5. The van der Waals surface area contributed by atoms with Crippen LogP contribution >= 0.6 is 23.4 Å². The van der Waals surface area contributed by atoms with Gasteiger partial charge in [0.05, 0.1) is 10.6 Å². The molecule has 0 aliphatic carbocycles. The molecule has 0 fully saturated rings. The Hall–Kier alpha value is -2.90. The lowest BCUT2D eigenvalue weighted by Gasteiger charge is -2.07. The van der Waals surface area contributed by atoms with Crippen LogP contribution in [-0.4, -0.2) is 10.8 Å². The Morgan fingerprint density at radius 2 is 1.75 bits per heavy atom. The molecule has 28 heavy (non-hydrogen) atoms. The summed E-state index contributed by atoms with van der Waals surface area (Å²) < 4.78 is 13.8. The van der Waals surface area contributed by atoms with Gasteiger partial charge >= 0.3 is 0 Å². The second-order valence-electron chi connectivity index (χ2n) is 5.81. The summed E-state index contributed by atoms with van der Waals surface area (Å²) in [4.78, 5) is 23.5. The highest BCUT2D eigenvalue weighted by molar-refractivity contribution is 7.98. The van der Waals surface area contributed by atoms with Crippen LogP contribution in [0.1, 0.15) is 15.9 Å². The molecule has 0 atom stereocenters. The molecule has 142 valence electrons. The van der Waals surface area contributed by atoms with E-state index in [4.69, 9.17) is 11.6 Å². The molecule has 0 spiro atoms. The van der Waals surface area contributed by atoms with E-state index in [2.05, 4.69) is 5.32 Å². The number of nitro groups is 1. The number of hydrogen-bond donors (Lipinski definition) is 1. The first kappa shape index (κ1) is 19.9. The summed E-state index contributed by atoms with van der Waals surface area (Å²) in [7, 11) is 0. The highest BCUT2D eigenvalue weighted by atomic mass is 35.5. The summed E-state index contributed by atoms with van der Waals surface area (Å²) in [5.41, 5.74) is 0.803. The molecule has 8 heteroatoms. The number of rotatable bonds is 6. The van der Waals surface area contributed by atoms with Gasteiger partial charge in [-0.25, -0.2) is 4.39 Å². The molecule has 3 aromatic carbocycles. The van der Waals surface area contributed by atoms with Gasteiger partial charge in [-0.15, -0.1) is 11.8 Å². The Kier molecular flexibility index (Phi) is 6.28. The van der Waals surface area contributed by atoms with E-state index >= 15 is 0 Å². The van der Waals surface area contributed by atoms with E-state index in [1.165, 1.54) is 0 Å². The number of halogens is 2. The van der Waals surface area contributed by atoms with Crippen molar-refractivity contribution in [1.82, 2.24) is 0 Å². The molecule has 1 N–H and O–H groups in total. The number of carbonyl (C=O) groups excluding carboxylic acids is 1. The van der Waals surface area contributed by atoms with E-state index in [-0.39, 0.29) is 11.4 Å². The third kappa shape index (κ3) is 5.09. The van der Waals surface area contributed by atoms with Crippen molar-refractivity contribution in [2.24, 2.45) is 0 Å². The van der Waals surface area contributed by atoms with Crippen molar-refractivity contribution in [2.45, 2.75) is 10.6 Å². The predicted octanol–water partition coefficient (Wildman–Crippen LogP) is 5.93. The number of benzene rings is 3. The lowest BCUT2D eigenvalue weighted by atomic mass is 10.1. The first-order chi connectivity index (χ1) is 13.4. The lowest BCUT2D eigenvalue weighted by Crippen LogP contribution is -2.13. The second kappa shape index (κ2) is 8.86. The SMILES string of the molecule is O=C(Nc1cc([N+](=O)[O-])ccc1F)c1ccc(CSc2ccc(Cl)cc2)cc1. The van der Waals surface area contributed by atoms with E-state index in [9.17, 15) is 19.3 Å². The van der Waals surface area contributed by atoms with Crippen molar-refractivity contribution in [1.29, 1.82) is 0 Å². The van der Waals surface area contributed by atoms with Crippen molar-refractivity contribution >= 4 is 40.6 Å². The number of nitrogens with one attached hydrogen (secondary N) is 1. The van der Waals surface area contributed by atoms with Crippen LogP contribution in [-0.2, 0) is 5.75 Å². The van der Waals surface area contributed by atoms with Crippen LogP contribution in [0.25, 0.3) is 0 Å². The maximum absolute atomic E-state index is 13.8. The molecule has 0 saturated carbocycles. The molecular weight excluding hydrogens is 403 g/mol. The van der Waals surface area contributed by atoms with E-state index < -0.39 is 16.6 Å². The van der Waals surface area contributed by atoms with E-state index in [1.54, 1.807) is 23.9 Å². The molecule has 0 heterocycles. The Balaban J connectivity index is 1.64. The topological polar surface area (TPSA) is 72.2 Å². The number of non-ortho nitro benzene ring substituents is 1. The van der Waals surface area contributed by atoms with Crippen molar-refractivity contribution in [3.8, 4) is 0 Å². The lowest BCUT2D eigenvalue weighted by molar-refractivity contribution is -0.384. The molecule has 0 aliphatic heterocycles. The Labute approximate surface area is 169 Å². The van der Waals surface area contributed by atoms with Gasteiger partial charge in [-0.1, -0.05) is 23.7 Å². The molecule has 5 nitrogen and oxygen atoms in total. The van der Waals surface area contributed by atoms with E-state index in [1.807, 2.05) is 36.4 Å². The van der Waals surface area contributed by atoms with Gasteiger partial charge in [0.1, 0.15) is 5.82 Å². The van der Waals surface area contributed by atoms with Crippen molar-refractivity contribution in [2.75, 3.05) is 5.32 Å². The van der Waals surface area contributed by atoms with Gasteiger partial charge in [0.15, 0.2) is 0 Å². The van der Waals surface area contributed by atoms with Crippen molar-refractivity contribution in [3.63, 3.8) is 0 Å². The van der Waals surface area contributed by atoms with Crippen LogP contribution in [0.4, 0.5) is 15.8 Å². The van der Waals surface area contributed by atoms with Gasteiger partial charge in [-0.2, -0.15) is 0 Å². The zero-order chi connectivity index (χ0) is 20.1. The Bertz CT molecular complexity index is 1010. The van der Waals surface area contributed by atoms with Crippen LogP contribution in [0.2, 0.25) is 5.02 Å². The summed E-state index contributed by atoms with van der Waals surface area (Å²) in [5.74, 6) is -0.575. The maximum Gasteiger partial charge on any atom is 0.271 e. The molecule has 3 aromatic rings. The quantitative estimate of drug-likeness (QED) is 0.307. The third-order valence-electron chi connectivity index (χ3n) is 3.84. The number of carbonyl (C=O) groups is 1. The summed E-state index contributed by atoms with van der Waals surface area (Å²) in [6.07, 6.45) is 0. The Morgan fingerprint density at radius 1 is 1.07 bits per heavy atom. The number of thioether (sulfide) groups is 1. The average molecular weight is 417 g/mol. The fraction of sp³-hybridized carbons (Fsp3) is 0.0500. The maximum atomic E-state index is 13.8. The smallest absolute Gasteiger partial charge is 0.271 e. The summed E-state index contributed by atoms with van der Waals surface area (Å²) in [5, 5.41) is 13.8. The fourth-order valence-corrected chi connectivity index (χ4v) is 3.35.